The molecule has 1 aromatic rings. The predicted octanol–water partition coefficient (Wildman–Crippen LogP) is 2.05. The second-order valence-electron chi connectivity index (χ2n) is 21.9. The summed E-state index contributed by atoms with van der Waals surface area (Å²) in [4.78, 5) is 11.0. The van der Waals surface area contributed by atoms with Gasteiger partial charge in [0, 0.05) is 24.7 Å². The molecule has 12 heteroatoms. The third-order valence-electron chi connectivity index (χ3n) is 19.7. The van der Waals surface area contributed by atoms with Gasteiger partial charge in [-0.2, -0.15) is 0 Å². The minimum Gasteiger partial charge on any atom is -0.394 e. The number of aromatic nitrogens is 2. The molecule has 2 spiro atoms. The Balaban J connectivity index is 0.755. The van der Waals surface area contributed by atoms with Gasteiger partial charge in [0.15, 0.2) is 5.79 Å². The Bertz CT molecular complexity index is 1910. The maximum atomic E-state index is 12.5. The van der Waals surface area contributed by atoms with Crippen molar-refractivity contribution < 1.29 is 49.6 Å². The van der Waals surface area contributed by atoms with Crippen LogP contribution in [0.1, 0.15) is 87.5 Å². The molecule has 23 atom stereocenters. The highest BCUT2D eigenvalue weighted by atomic mass is 16.7. The molecule has 9 fully saturated rings. The van der Waals surface area contributed by atoms with Crippen molar-refractivity contribution in [3.8, 4) is 0 Å². The molecule has 6 N–H and O–H groups in total. The van der Waals surface area contributed by atoms with Crippen molar-refractivity contribution in [2.24, 2.45) is 76.9 Å². The summed E-state index contributed by atoms with van der Waals surface area (Å²) < 4.78 is 25.7. The van der Waals surface area contributed by atoms with Crippen LogP contribution >= 0.6 is 0 Å². The zero-order valence-corrected chi connectivity index (χ0v) is 33.6. The Hall–Kier alpha value is -1.58. The van der Waals surface area contributed by atoms with E-state index in [1.807, 2.05) is 6.92 Å². The van der Waals surface area contributed by atoms with Crippen LogP contribution in [-0.2, 0) is 44.6 Å². The molecule has 12 nitrogen and oxygen atoms in total. The molecule has 12 aliphatic rings. The quantitative estimate of drug-likeness (QED) is 0.228. The first kappa shape index (κ1) is 37.0. The summed E-state index contributed by atoms with van der Waals surface area (Å²) in [6.07, 6.45) is 9.47. The number of fused-ring (bicyclic) bond motifs is 14. The molecular formula is C46H62N2O10. The number of rotatable bonds is 1. The van der Waals surface area contributed by atoms with Crippen LogP contribution in [-0.4, -0.2) is 120 Å². The van der Waals surface area contributed by atoms with Crippen molar-refractivity contribution in [2.75, 3.05) is 19.8 Å². The minimum absolute atomic E-state index is 0.00919. The average molecular weight is 803 g/mol. The number of ether oxygens (including phenoxy) is 4. The van der Waals surface area contributed by atoms with Gasteiger partial charge in [-0.05, 0) is 136 Å². The van der Waals surface area contributed by atoms with Gasteiger partial charge in [0.05, 0.1) is 73.1 Å². The molecule has 4 saturated heterocycles. The number of nitrogens with zero attached hydrogens (tertiary/aromatic N) is 2. The predicted molar refractivity (Wildman–Crippen MR) is 204 cm³/mol. The summed E-state index contributed by atoms with van der Waals surface area (Å²) in [5.74, 6) is 2.82. The van der Waals surface area contributed by atoms with E-state index in [-0.39, 0.29) is 55.5 Å². The molecule has 5 saturated carbocycles. The first-order valence-corrected chi connectivity index (χ1v) is 23.3. The molecule has 5 heterocycles. The molecule has 58 heavy (non-hydrogen) atoms. The van der Waals surface area contributed by atoms with Crippen LogP contribution in [0, 0.1) is 76.9 Å². The fraction of sp³-hybridized carbons (Fsp3) is 0.870. The Labute approximate surface area is 340 Å². The maximum absolute atomic E-state index is 12.5. The summed E-state index contributed by atoms with van der Waals surface area (Å²) >= 11 is 0. The van der Waals surface area contributed by atoms with Crippen molar-refractivity contribution in [1.82, 2.24) is 9.97 Å². The van der Waals surface area contributed by atoms with Crippen molar-refractivity contribution >= 4 is 0 Å². The van der Waals surface area contributed by atoms with Gasteiger partial charge in [0.1, 0.15) is 23.4 Å². The highest BCUT2D eigenvalue weighted by Crippen LogP contribution is 2.65. The number of hydrogen-bond acceptors (Lipinski definition) is 12. The van der Waals surface area contributed by atoms with E-state index in [0.29, 0.717) is 66.8 Å². The highest BCUT2D eigenvalue weighted by molar-refractivity contribution is 5.40. The fourth-order valence-corrected chi connectivity index (χ4v) is 17.4. The average Bonchev–Trinajstić information content (AvgIpc) is 3.97. The summed E-state index contributed by atoms with van der Waals surface area (Å²) in [5.41, 5.74) is 2.81. The van der Waals surface area contributed by atoms with E-state index in [1.165, 1.54) is 23.5 Å². The van der Waals surface area contributed by atoms with E-state index in [9.17, 15) is 30.6 Å². The van der Waals surface area contributed by atoms with Gasteiger partial charge in [-0.15, -0.1) is 0 Å². The lowest BCUT2D eigenvalue weighted by atomic mass is 9.52. The monoisotopic (exact) mass is 802 g/mol. The molecule has 0 aromatic carbocycles. The molecule has 1 aromatic heterocycles. The molecule has 0 radical (unpaired) electrons. The summed E-state index contributed by atoms with van der Waals surface area (Å²) in [6.45, 7) is 2.37. The second-order valence-corrected chi connectivity index (χ2v) is 21.9. The van der Waals surface area contributed by atoms with E-state index in [1.54, 1.807) is 0 Å². The lowest BCUT2D eigenvalue weighted by Gasteiger charge is -2.57. The van der Waals surface area contributed by atoms with Gasteiger partial charge in [0.25, 0.3) is 0 Å². The normalized spacial score (nSPS) is 58.0. The van der Waals surface area contributed by atoms with Crippen LogP contribution in [0.4, 0.5) is 0 Å². The van der Waals surface area contributed by atoms with E-state index >= 15 is 0 Å². The van der Waals surface area contributed by atoms with E-state index in [2.05, 4.69) is 6.08 Å². The topological polar surface area (TPSA) is 184 Å². The molecular weight excluding hydrogens is 741 g/mol. The lowest BCUT2D eigenvalue weighted by Crippen LogP contribution is -2.67. The summed E-state index contributed by atoms with van der Waals surface area (Å²) in [6, 6.07) is 0. The third-order valence-corrected chi connectivity index (χ3v) is 19.7. The second kappa shape index (κ2) is 12.5. The standard InChI is InChI=1S/C46H62N2O10/c1-19-17-56-45(43(19)53)15-22-8-35(50)41-25-5-3-21-7-32-34(11-27(21)29(25)13-37(58-45)40(22)41)48-31-6-20-2-4-24-28(26(20)10-33(31)47-32)12-36(51)42-30(24)14-39-46(42,54)44(18-55-39)38(52)9-23(16-49)57-44/h14,19-29,35-43,49-54H,2-13,15-18H2,1H3/t19-,20+,21+,22?,23+,24-,25?,26?,27+,28+,29?,35-,36-,37?,38-,39?,40?,41?,42?,43-,44?,45?,46-/m1/s1. The van der Waals surface area contributed by atoms with Crippen LogP contribution in [0.15, 0.2) is 11.6 Å². The number of aliphatic hydroxyl groups excluding tert-OH is 5. The number of hydrogen-bond donors (Lipinski definition) is 6. The molecule has 8 aliphatic carbocycles. The molecule has 13 rings (SSSR count). The zero-order valence-electron chi connectivity index (χ0n) is 33.6. The van der Waals surface area contributed by atoms with E-state index in [4.69, 9.17) is 28.9 Å². The maximum Gasteiger partial charge on any atom is 0.195 e. The van der Waals surface area contributed by atoms with Crippen LogP contribution in [0.3, 0.4) is 0 Å². The zero-order chi connectivity index (χ0) is 39.2. The largest absolute Gasteiger partial charge is 0.394 e. The van der Waals surface area contributed by atoms with Crippen LogP contribution in [0.2, 0.25) is 0 Å². The highest BCUT2D eigenvalue weighted by Gasteiger charge is 2.75. The Kier molecular flexibility index (Phi) is 8.00. The SMILES string of the molecule is C[C@@H]1COC2(CC3C[C@@H](O)C4C5CC[C@H]6Cc7nc8c(nc7C[C@@H]6C5CC(O2)C34)C[C@@H]2CC[C@H]3C4=CC5OCC6(O[C@H](CO)C[C@H]6O)[C@]5(O)C4[C@H](O)C[C@@H]3C2C8)[C@@H]1O. The van der Waals surface area contributed by atoms with E-state index < -0.39 is 53.4 Å². The van der Waals surface area contributed by atoms with Crippen molar-refractivity contribution in [2.45, 2.75) is 150 Å². The third kappa shape index (κ3) is 4.67. The van der Waals surface area contributed by atoms with Gasteiger partial charge in [-0.25, -0.2) is 0 Å². The Morgan fingerprint density at radius 2 is 1.47 bits per heavy atom. The van der Waals surface area contributed by atoms with Crippen LogP contribution < -0.4 is 0 Å². The minimum atomic E-state index is -1.58. The summed E-state index contributed by atoms with van der Waals surface area (Å²) in [7, 11) is 0. The van der Waals surface area contributed by atoms with Gasteiger partial charge in [-0.1, -0.05) is 18.6 Å². The Morgan fingerprint density at radius 3 is 2.17 bits per heavy atom. The Morgan fingerprint density at radius 1 is 0.741 bits per heavy atom. The summed E-state index contributed by atoms with van der Waals surface area (Å²) in [5, 5.41) is 68.6. The number of aliphatic hydroxyl groups is 6. The molecule has 0 bridgehead atoms. The molecule has 11 unspecified atom stereocenters. The first-order valence-electron chi connectivity index (χ1n) is 23.3. The lowest BCUT2D eigenvalue weighted by molar-refractivity contribution is -0.323. The van der Waals surface area contributed by atoms with Gasteiger partial charge in [0.2, 0.25) is 0 Å². The van der Waals surface area contributed by atoms with Crippen LogP contribution in [0.5, 0.6) is 0 Å². The van der Waals surface area contributed by atoms with E-state index in [0.717, 1.165) is 69.1 Å². The fourth-order valence-electron chi connectivity index (χ4n) is 17.4. The van der Waals surface area contributed by atoms with Crippen LogP contribution in [0.25, 0.3) is 0 Å². The smallest absolute Gasteiger partial charge is 0.195 e. The van der Waals surface area contributed by atoms with Crippen molar-refractivity contribution in [3.05, 3.63) is 34.4 Å². The molecule has 316 valence electrons. The molecule has 4 aliphatic heterocycles. The van der Waals surface area contributed by atoms with Gasteiger partial charge >= 0.3 is 0 Å². The van der Waals surface area contributed by atoms with Gasteiger partial charge in [-0.3, -0.25) is 9.97 Å². The molecule has 0 amide bonds. The first-order chi connectivity index (χ1) is 28.0. The van der Waals surface area contributed by atoms with Crippen molar-refractivity contribution in [1.29, 1.82) is 0 Å². The van der Waals surface area contributed by atoms with Gasteiger partial charge < -0.3 is 49.6 Å². The van der Waals surface area contributed by atoms with Crippen molar-refractivity contribution in [3.63, 3.8) is 0 Å².